The van der Waals surface area contributed by atoms with E-state index in [1.54, 1.807) is 0 Å². The topological polar surface area (TPSA) is 54.9 Å². The molecule has 0 aromatic carbocycles. The van der Waals surface area contributed by atoms with E-state index in [-0.39, 0.29) is 22.4 Å². The van der Waals surface area contributed by atoms with Crippen LogP contribution in [0.4, 0.5) is 18.3 Å². The number of rotatable bonds is 2. The van der Waals surface area contributed by atoms with Crippen molar-refractivity contribution in [2.24, 2.45) is 11.3 Å². The van der Waals surface area contributed by atoms with E-state index < -0.39 is 11.2 Å². The Labute approximate surface area is 99.2 Å². The van der Waals surface area contributed by atoms with Crippen LogP contribution in [-0.2, 0) is 11.0 Å². The maximum Gasteiger partial charge on any atom is 0.445 e. The first-order valence-corrected chi connectivity index (χ1v) is 5.73. The van der Waals surface area contributed by atoms with Crippen molar-refractivity contribution in [3.05, 3.63) is 5.01 Å². The number of carbonyl (C=O) groups excluding carboxylic acids is 1. The first-order valence-electron chi connectivity index (χ1n) is 4.92. The zero-order valence-corrected chi connectivity index (χ0v) is 9.95. The van der Waals surface area contributed by atoms with Gasteiger partial charge in [-0.05, 0) is 11.8 Å². The molecule has 0 aliphatic heterocycles. The molecule has 0 radical (unpaired) electrons. The van der Waals surface area contributed by atoms with Crippen LogP contribution >= 0.6 is 11.3 Å². The third kappa shape index (κ3) is 2.56. The van der Waals surface area contributed by atoms with E-state index >= 15 is 0 Å². The van der Waals surface area contributed by atoms with Gasteiger partial charge in [0.1, 0.15) is 0 Å². The fourth-order valence-corrected chi connectivity index (χ4v) is 2.11. The number of amides is 1. The molecule has 1 aliphatic carbocycles. The van der Waals surface area contributed by atoms with Crippen molar-refractivity contribution in [1.29, 1.82) is 0 Å². The molecule has 0 unspecified atom stereocenters. The Morgan fingerprint density at radius 2 is 2.06 bits per heavy atom. The average Bonchev–Trinajstić information content (AvgIpc) is 2.60. The second-order valence-electron chi connectivity index (χ2n) is 4.64. The van der Waals surface area contributed by atoms with E-state index in [0.29, 0.717) is 11.3 Å². The Morgan fingerprint density at radius 3 is 2.47 bits per heavy atom. The number of nitrogens with zero attached hydrogens (tertiary/aromatic N) is 2. The molecule has 0 saturated heterocycles. The van der Waals surface area contributed by atoms with Gasteiger partial charge in [-0.25, -0.2) is 0 Å². The highest BCUT2D eigenvalue weighted by Crippen LogP contribution is 2.52. The molecule has 0 bridgehead atoms. The lowest BCUT2D eigenvalue weighted by Crippen LogP contribution is -2.16. The smallest absolute Gasteiger partial charge is 0.300 e. The summed E-state index contributed by atoms with van der Waals surface area (Å²) in [7, 11) is 0. The van der Waals surface area contributed by atoms with E-state index in [2.05, 4.69) is 15.5 Å². The van der Waals surface area contributed by atoms with Crippen LogP contribution in [0.25, 0.3) is 0 Å². The molecule has 1 N–H and O–H groups in total. The molecule has 1 heterocycles. The number of halogens is 3. The minimum atomic E-state index is -4.51. The Balaban J connectivity index is 2.01. The van der Waals surface area contributed by atoms with Gasteiger partial charge in [0.2, 0.25) is 16.0 Å². The summed E-state index contributed by atoms with van der Waals surface area (Å²) in [5, 5.41) is 7.48. The molecule has 1 aromatic heterocycles. The molecule has 1 atom stereocenters. The molecule has 94 valence electrons. The molecule has 0 spiro atoms. The SMILES string of the molecule is CC1(C)C[C@@H]1C(=O)Nc1nnc(C(F)(F)F)s1. The van der Waals surface area contributed by atoms with E-state index in [1.807, 2.05) is 13.8 Å². The maximum atomic E-state index is 12.2. The Morgan fingerprint density at radius 1 is 1.47 bits per heavy atom. The lowest BCUT2D eigenvalue weighted by Gasteiger charge is -2.02. The third-order valence-electron chi connectivity index (χ3n) is 2.73. The summed E-state index contributed by atoms with van der Waals surface area (Å²) in [6.07, 6.45) is -3.77. The van der Waals surface area contributed by atoms with Gasteiger partial charge in [0.25, 0.3) is 0 Å². The average molecular weight is 265 g/mol. The van der Waals surface area contributed by atoms with E-state index in [1.165, 1.54) is 0 Å². The number of nitrogens with one attached hydrogen (secondary N) is 1. The van der Waals surface area contributed by atoms with Crippen LogP contribution in [-0.4, -0.2) is 16.1 Å². The minimum absolute atomic E-state index is 0.0678. The predicted molar refractivity (Wildman–Crippen MR) is 55.4 cm³/mol. The van der Waals surface area contributed by atoms with Gasteiger partial charge in [-0.1, -0.05) is 25.2 Å². The molecule has 17 heavy (non-hydrogen) atoms. The Kier molecular flexibility index (Phi) is 2.64. The largest absolute Gasteiger partial charge is 0.445 e. The molecular weight excluding hydrogens is 255 g/mol. The lowest BCUT2D eigenvalue weighted by atomic mass is 10.1. The van der Waals surface area contributed by atoms with Gasteiger partial charge in [0.05, 0.1) is 0 Å². The number of hydrogen-bond donors (Lipinski definition) is 1. The standard InChI is InChI=1S/C9H10F3N3OS/c1-8(2)3-4(8)5(16)13-7-15-14-6(17-7)9(10,11)12/h4H,3H2,1-2H3,(H,13,15,16)/t4-/m1/s1. The van der Waals surface area contributed by atoms with Crippen LogP contribution in [0, 0.1) is 11.3 Å². The zero-order valence-electron chi connectivity index (χ0n) is 9.13. The summed E-state index contributed by atoms with van der Waals surface area (Å²) in [6.45, 7) is 3.86. The predicted octanol–water partition coefficient (Wildman–Crippen LogP) is 2.54. The minimum Gasteiger partial charge on any atom is -0.300 e. The maximum absolute atomic E-state index is 12.2. The molecular formula is C9H10F3N3OS. The number of aromatic nitrogens is 2. The van der Waals surface area contributed by atoms with Crippen molar-refractivity contribution >= 4 is 22.4 Å². The second-order valence-corrected chi connectivity index (χ2v) is 5.62. The van der Waals surface area contributed by atoms with Crippen molar-refractivity contribution in [2.75, 3.05) is 5.32 Å². The van der Waals surface area contributed by atoms with Crippen molar-refractivity contribution in [2.45, 2.75) is 26.4 Å². The monoisotopic (exact) mass is 265 g/mol. The number of carbonyl (C=O) groups is 1. The number of anilines is 1. The summed E-state index contributed by atoms with van der Waals surface area (Å²) in [5.74, 6) is -0.444. The van der Waals surface area contributed by atoms with Gasteiger partial charge < -0.3 is 5.32 Å². The highest BCUT2D eigenvalue weighted by molar-refractivity contribution is 7.15. The quantitative estimate of drug-likeness (QED) is 0.894. The van der Waals surface area contributed by atoms with E-state index in [0.717, 1.165) is 6.42 Å². The van der Waals surface area contributed by atoms with Gasteiger partial charge in [-0.2, -0.15) is 13.2 Å². The lowest BCUT2D eigenvalue weighted by molar-refractivity contribution is -0.138. The Hall–Kier alpha value is -1.18. The van der Waals surface area contributed by atoms with Crippen molar-refractivity contribution in [3.8, 4) is 0 Å². The van der Waals surface area contributed by atoms with Gasteiger partial charge in [0.15, 0.2) is 0 Å². The van der Waals surface area contributed by atoms with Gasteiger partial charge in [-0.15, -0.1) is 10.2 Å². The highest BCUT2D eigenvalue weighted by atomic mass is 32.1. The summed E-state index contributed by atoms with van der Waals surface area (Å²) in [5.41, 5.74) is -0.0678. The third-order valence-corrected chi connectivity index (χ3v) is 3.61. The van der Waals surface area contributed by atoms with Crippen LogP contribution in [0.2, 0.25) is 0 Å². The first-order chi connectivity index (χ1) is 7.70. The fourth-order valence-electron chi connectivity index (χ4n) is 1.50. The normalized spacial score (nSPS) is 22.3. The highest BCUT2D eigenvalue weighted by Gasteiger charge is 2.50. The second kappa shape index (κ2) is 3.66. The van der Waals surface area contributed by atoms with Crippen LogP contribution in [0.15, 0.2) is 0 Å². The molecule has 1 amide bonds. The molecule has 4 nitrogen and oxygen atoms in total. The van der Waals surface area contributed by atoms with Crippen LogP contribution < -0.4 is 5.32 Å². The first kappa shape index (κ1) is 12.3. The molecule has 2 rings (SSSR count). The van der Waals surface area contributed by atoms with Crippen LogP contribution in [0.5, 0.6) is 0 Å². The van der Waals surface area contributed by atoms with E-state index in [4.69, 9.17) is 0 Å². The molecule has 1 fully saturated rings. The van der Waals surface area contributed by atoms with E-state index in [9.17, 15) is 18.0 Å². The van der Waals surface area contributed by atoms with Gasteiger partial charge >= 0.3 is 6.18 Å². The summed E-state index contributed by atoms with van der Waals surface area (Å²) in [4.78, 5) is 11.6. The Bertz CT molecular complexity index is 455. The van der Waals surface area contributed by atoms with Crippen LogP contribution in [0.3, 0.4) is 0 Å². The molecule has 1 aromatic rings. The van der Waals surface area contributed by atoms with Crippen molar-refractivity contribution in [3.63, 3.8) is 0 Å². The molecule has 8 heteroatoms. The number of alkyl halides is 3. The number of hydrogen-bond acceptors (Lipinski definition) is 4. The fraction of sp³-hybridized carbons (Fsp3) is 0.667. The van der Waals surface area contributed by atoms with Crippen molar-refractivity contribution in [1.82, 2.24) is 10.2 Å². The molecule has 1 aliphatic rings. The molecule has 1 saturated carbocycles. The van der Waals surface area contributed by atoms with Gasteiger partial charge in [-0.3, -0.25) is 4.79 Å². The van der Waals surface area contributed by atoms with Crippen LogP contribution in [0.1, 0.15) is 25.3 Å². The summed E-state index contributed by atoms with van der Waals surface area (Å²) in [6, 6.07) is 0. The summed E-state index contributed by atoms with van der Waals surface area (Å²) < 4.78 is 36.7. The zero-order chi connectivity index (χ0) is 12.8. The summed E-state index contributed by atoms with van der Waals surface area (Å²) >= 11 is 0.334. The van der Waals surface area contributed by atoms with Gasteiger partial charge in [0, 0.05) is 5.92 Å². The van der Waals surface area contributed by atoms with Crippen molar-refractivity contribution < 1.29 is 18.0 Å².